The van der Waals surface area contributed by atoms with Crippen LogP contribution >= 0.6 is 0 Å². The van der Waals surface area contributed by atoms with Gasteiger partial charge in [-0.05, 0) is 110 Å². The topological polar surface area (TPSA) is 16.4 Å². The van der Waals surface area contributed by atoms with E-state index in [9.17, 15) is 0 Å². The summed E-state index contributed by atoms with van der Waals surface area (Å²) in [5, 5.41) is 7.13. The van der Waals surface area contributed by atoms with E-state index in [1.54, 1.807) is 0 Å². The summed E-state index contributed by atoms with van der Waals surface area (Å²) in [4.78, 5) is 2.44. The van der Waals surface area contributed by atoms with E-state index < -0.39 is 0 Å². The lowest BCUT2D eigenvalue weighted by Gasteiger charge is -2.29. The minimum absolute atomic E-state index is 0.0975. The Morgan fingerprint density at radius 1 is 0.418 bits per heavy atom. The van der Waals surface area contributed by atoms with Gasteiger partial charge in [-0.3, -0.25) is 0 Å². The van der Waals surface area contributed by atoms with Crippen molar-refractivity contribution in [2.45, 2.75) is 19.3 Å². The molecule has 0 radical (unpaired) electrons. The number of hydrogen-bond donors (Lipinski definition) is 0. The van der Waals surface area contributed by atoms with Gasteiger partial charge in [-0.25, -0.2) is 0 Å². The molecular weight excluding hydrogens is 667 g/mol. The summed E-state index contributed by atoms with van der Waals surface area (Å²) in [6.07, 6.45) is 0. The standard InChI is InChI=1S/C53H37NO/c1-53(2)47-17-7-5-15-46(47)51-48(53)18-10-19-49(51)54(40-29-23-36(24-30-40)42-16-9-12-35-11-3-4-13-41(35)42)39-27-21-34(22-28-39)37-25-31-43-38(33-37)26-32-45-44-14-6-8-20-50(44)55-52(43)45/h3-33H,1-2H3. The maximum absolute atomic E-state index is 6.35. The van der Waals surface area contributed by atoms with Crippen LogP contribution < -0.4 is 4.90 Å². The van der Waals surface area contributed by atoms with Gasteiger partial charge >= 0.3 is 0 Å². The van der Waals surface area contributed by atoms with E-state index in [-0.39, 0.29) is 5.41 Å². The second-order valence-corrected chi connectivity index (χ2v) is 15.3. The summed E-state index contributed by atoms with van der Waals surface area (Å²) < 4.78 is 6.35. The number of hydrogen-bond acceptors (Lipinski definition) is 2. The van der Waals surface area contributed by atoms with Gasteiger partial charge in [0.05, 0.1) is 5.69 Å². The van der Waals surface area contributed by atoms with Crippen molar-refractivity contribution in [3.63, 3.8) is 0 Å². The van der Waals surface area contributed by atoms with Gasteiger partial charge in [0.15, 0.2) is 0 Å². The predicted octanol–water partition coefficient (Wildman–Crippen LogP) is 15.0. The van der Waals surface area contributed by atoms with Gasteiger partial charge in [0, 0.05) is 38.5 Å². The fourth-order valence-corrected chi connectivity index (χ4v) is 9.11. The first kappa shape index (κ1) is 31.6. The van der Waals surface area contributed by atoms with E-state index in [1.807, 2.05) is 12.1 Å². The fraction of sp³-hybridized carbons (Fsp3) is 0.0566. The van der Waals surface area contributed by atoms with Crippen LogP contribution in [0.2, 0.25) is 0 Å². The molecule has 2 heteroatoms. The van der Waals surface area contributed by atoms with Gasteiger partial charge in [-0.2, -0.15) is 0 Å². The lowest BCUT2D eigenvalue weighted by atomic mass is 9.82. The van der Waals surface area contributed by atoms with Crippen LogP contribution in [0.5, 0.6) is 0 Å². The molecule has 0 N–H and O–H groups in total. The summed E-state index contributed by atoms with van der Waals surface area (Å²) in [6.45, 7) is 4.70. The van der Waals surface area contributed by atoms with Gasteiger partial charge < -0.3 is 9.32 Å². The average Bonchev–Trinajstić information content (AvgIpc) is 3.74. The minimum Gasteiger partial charge on any atom is -0.455 e. The van der Waals surface area contributed by atoms with Gasteiger partial charge in [0.25, 0.3) is 0 Å². The zero-order valence-electron chi connectivity index (χ0n) is 30.8. The molecule has 0 aliphatic heterocycles. The third-order valence-corrected chi connectivity index (χ3v) is 11.9. The predicted molar refractivity (Wildman–Crippen MR) is 232 cm³/mol. The largest absolute Gasteiger partial charge is 0.455 e. The van der Waals surface area contributed by atoms with Crippen molar-refractivity contribution < 1.29 is 4.42 Å². The van der Waals surface area contributed by atoms with Gasteiger partial charge in [0.2, 0.25) is 0 Å². The molecule has 0 unspecified atom stereocenters. The fourth-order valence-electron chi connectivity index (χ4n) is 9.11. The lowest BCUT2D eigenvalue weighted by molar-refractivity contribution is 0.660. The Balaban J connectivity index is 1.03. The molecule has 0 amide bonds. The second kappa shape index (κ2) is 12.1. The quantitative estimate of drug-likeness (QED) is 0.177. The SMILES string of the molecule is CC1(C)c2ccccc2-c2c(N(c3ccc(-c4ccc5c(ccc6c7ccccc7oc56)c4)cc3)c3ccc(-c4cccc5ccccc45)cc3)cccc21. The molecule has 0 saturated heterocycles. The Bertz CT molecular complexity index is 3110. The summed E-state index contributed by atoms with van der Waals surface area (Å²) in [5.41, 5.74) is 15.3. The Hall–Kier alpha value is -6.90. The lowest BCUT2D eigenvalue weighted by Crippen LogP contribution is -2.16. The zero-order valence-corrected chi connectivity index (χ0v) is 30.8. The van der Waals surface area contributed by atoms with Crippen molar-refractivity contribution in [3.05, 3.63) is 199 Å². The maximum Gasteiger partial charge on any atom is 0.143 e. The number of nitrogens with zero attached hydrogens (tertiary/aromatic N) is 1. The van der Waals surface area contributed by atoms with Crippen LogP contribution in [-0.2, 0) is 5.41 Å². The molecule has 2 nitrogen and oxygen atoms in total. The first-order chi connectivity index (χ1) is 27.0. The molecule has 1 aliphatic rings. The Labute approximate surface area is 320 Å². The van der Waals surface area contributed by atoms with Crippen molar-refractivity contribution >= 4 is 60.5 Å². The van der Waals surface area contributed by atoms with Gasteiger partial charge in [0.1, 0.15) is 11.2 Å². The number of anilines is 3. The third-order valence-electron chi connectivity index (χ3n) is 11.9. The zero-order chi connectivity index (χ0) is 36.7. The molecule has 0 saturated carbocycles. The molecule has 0 fully saturated rings. The summed E-state index contributed by atoms with van der Waals surface area (Å²) in [6, 6.07) is 68.5. The van der Waals surface area contributed by atoms with Crippen molar-refractivity contribution in [3.8, 4) is 33.4 Å². The Kier molecular flexibility index (Phi) is 6.93. The van der Waals surface area contributed by atoms with Crippen molar-refractivity contribution in [2.75, 3.05) is 4.90 Å². The number of benzene rings is 9. The van der Waals surface area contributed by atoms with Gasteiger partial charge in [-0.1, -0.05) is 147 Å². The van der Waals surface area contributed by atoms with Crippen LogP contribution in [0.25, 0.3) is 76.9 Å². The van der Waals surface area contributed by atoms with Crippen LogP contribution in [0.15, 0.2) is 192 Å². The monoisotopic (exact) mass is 703 g/mol. The van der Waals surface area contributed by atoms with Crippen molar-refractivity contribution in [1.29, 1.82) is 0 Å². The number of furan rings is 1. The molecular formula is C53H37NO. The smallest absolute Gasteiger partial charge is 0.143 e. The van der Waals surface area contributed by atoms with Crippen molar-refractivity contribution in [1.82, 2.24) is 0 Å². The Morgan fingerprint density at radius 3 is 1.87 bits per heavy atom. The normalized spacial score (nSPS) is 13.1. The summed E-state index contributed by atoms with van der Waals surface area (Å²) in [7, 11) is 0. The summed E-state index contributed by atoms with van der Waals surface area (Å²) >= 11 is 0. The molecule has 10 aromatic rings. The van der Waals surface area contributed by atoms with Gasteiger partial charge in [-0.15, -0.1) is 0 Å². The highest BCUT2D eigenvalue weighted by Crippen LogP contribution is 2.54. The highest BCUT2D eigenvalue weighted by molar-refractivity contribution is 6.15. The molecule has 0 spiro atoms. The van der Waals surface area contributed by atoms with E-state index in [0.29, 0.717) is 0 Å². The summed E-state index contributed by atoms with van der Waals surface area (Å²) in [5.74, 6) is 0. The van der Waals surface area contributed by atoms with E-state index in [4.69, 9.17) is 4.42 Å². The molecule has 0 atom stereocenters. The van der Waals surface area contributed by atoms with Crippen LogP contribution in [0.3, 0.4) is 0 Å². The van der Waals surface area contributed by atoms with E-state index in [0.717, 1.165) is 38.7 Å². The van der Waals surface area contributed by atoms with Crippen LogP contribution in [-0.4, -0.2) is 0 Å². The molecule has 55 heavy (non-hydrogen) atoms. The third kappa shape index (κ3) is 4.88. The van der Waals surface area contributed by atoms with E-state index in [2.05, 4.69) is 195 Å². The molecule has 11 rings (SSSR count). The Morgan fingerprint density at radius 2 is 1.04 bits per heavy atom. The number of para-hydroxylation sites is 1. The van der Waals surface area contributed by atoms with Crippen LogP contribution in [0, 0.1) is 0 Å². The molecule has 1 aromatic heterocycles. The molecule has 0 bridgehead atoms. The average molecular weight is 704 g/mol. The molecule has 9 aromatic carbocycles. The van der Waals surface area contributed by atoms with Crippen LogP contribution in [0.1, 0.15) is 25.0 Å². The highest BCUT2D eigenvalue weighted by atomic mass is 16.3. The molecule has 1 heterocycles. The van der Waals surface area contributed by atoms with Crippen molar-refractivity contribution in [2.24, 2.45) is 0 Å². The second-order valence-electron chi connectivity index (χ2n) is 15.3. The number of fused-ring (bicyclic) bond motifs is 9. The first-order valence-electron chi connectivity index (χ1n) is 19.1. The maximum atomic E-state index is 6.35. The van der Waals surface area contributed by atoms with E-state index >= 15 is 0 Å². The number of rotatable bonds is 5. The highest BCUT2D eigenvalue weighted by Gasteiger charge is 2.37. The van der Waals surface area contributed by atoms with E-state index in [1.165, 1.54) is 66.4 Å². The first-order valence-corrected chi connectivity index (χ1v) is 19.1. The molecule has 260 valence electrons. The minimum atomic E-state index is -0.0975. The molecule has 1 aliphatic carbocycles. The van der Waals surface area contributed by atoms with Crippen LogP contribution in [0.4, 0.5) is 17.1 Å².